The van der Waals surface area contributed by atoms with Gasteiger partial charge in [0, 0.05) is 22.9 Å². The van der Waals surface area contributed by atoms with Gasteiger partial charge in [0.15, 0.2) is 5.82 Å². The fourth-order valence-electron chi connectivity index (χ4n) is 2.96. The number of aryl methyl sites for hydroxylation is 1. The Morgan fingerprint density at radius 3 is 2.86 bits per heavy atom. The van der Waals surface area contributed by atoms with Gasteiger partial charge in [0.05, 0.1) is 22.8 Å². The normalized spacial score (nSPS) is 13.0. The van der Waals surface area contributed by atoms with Crippen LogP contribution < -0.4 is 4.74 Å². The molecule has 4 rings (SSSR count). The first-order valence-electron chi connectivity index (χ1n) is 8.72. The zero-order valence-corrected chi connectivity index (χ0v) is 16.1. The first-order valence-corrected chi connectivity index (χ1v) is 9.70. The second-order valence-corrected chi connectivity index (χ2v) is 7.08. The number of para-hydroxylation sites is 1. The third-order valence-electron chi connectivity index (χ3n) is 4.34. The van der Waals surface area contributed by atoms with Gasteiger partial charge >= 0.3 is 0 Å². The molecule has 2 heterocycles. The molecular formula is C19H17N5O3S. The van der Waals surface area contributed by atoms with Gasteiger partial charge in [-0.25, -0.2) is 0 Å². The highest BCUT2D eigenvalue weighted by molar-refractivity contribution is 7.99. The molecule has 8 nitrogen and oxygen atoms in total. The van der Waals surface area contributed by atoms with Gasteiger partial charge < -0.3 is 4.74 Å². The summed E-state index contributed by atoms with van der Waals surface area (Å²) >= 11 is 1.49. The Balaban J connectivity index is 1.79. The predicted molar refractivity (Wildman–Crippen MR) is 107 cm³/mol. The van der Waals surface area contributed by atoms with Crippen LogP contribution >= 0.6 is 11.8 Å². The van der Waals surface area contributed by atoms with Crippen molar-refractivity contribution in [1.29, 1.82) is 0 Å². The Morgan fingerprint density at radius 2 is 2.07 bits per heavy atom. The minimum absolute atomic E-state index is 0.0849. The van der Waals surface area contributed by atoms with Crippen molar-refractivity contribution in [3.63, 3.8) is 0 Å². The van der Waals surface area contributed by atoms with Crippen LogP contribution in [0.3, 0.4) is 0 Å². The Labute approximate surface area is 165 Å². The molecule has 0 amide bonds. The quantitative estimate of drug-likeness (QED) is 0.480. The number of hydrogen-bond donors (Lipinski definition) is 0. The third-order valence-corrected chi connectivity index (χ3v) is 5.27. The minimum atomic E-state index is -0.372. The molecule has 3 aromatic rings. The zero-order chi connectivity index (χ0) is 19.7. The van der Waals surface area contributed by atoms with Gasteiger partial charge in [-0.05, 0) is 26.0 Å². The summed E-state index contributed by atoms with van der Waals surface area (Å²) in [6, 6.07) is 12.8. The van der Waals surface area contributed by atoms with Crippen LogP contribution in [0.1, 0.15) is 18.1 Å². The molecule has 1 aliphatic heterocycles. The van der Waals surface area contributed by atoms with Gasteiger partial charge in [0.25, 0.3) is 5.69 Å². The summed E-state index contributed by atoms with van der Waals surface area (Å²) in [7, 11) is 0. The number of nitro benzene ring substituents is 1. The summed E-state index contributed by atoms with van der Waals surface area (Å²) in [5.41, 5.74) is 2.95. The van der Waals surface area contributed by atoms with Crippen molar-refractivity contribution >= 4 is 23.2 Å². The fraction of sp³-hybridized carbons (Fsp3) is 0.211. The molecule has 142 valence electrons. The second-order valence-electron chi connectivity index (χ2n) is 6.14. The van der Waals surface area contributed by atoms with E-state index < -0.39 is 0 Å². The molecule has 9 heteroatoms. The van der Waals surface area contributed by atoms with Crippen molar-refractivity contribution < 1.29 is 9.66 Å². The number of ether oxygens (including phenoxy) is 1. The highest BCUT2D eigenvalue weighted by Crippen LogP contribution is 2.33. The number of thioether (sulfide) groups is 1. The van der Waals surface area contributed by atoms with Gasteiger partial charge in [-0.2, -0.15) is 9.78 Å². The van der Waals surface area contributed by atoms with Crippen LogP contribution in [0.15, 0.2) is 52.7 Å². The summed E-state index contributed by atoms with van der Waals surface area (Å²) in [6.07, 6.45) is 0. The maximum absolute atomic E-state index is 11.3. The molecular weight excluding hydrogens is 378 g/mol. The van der Waals surface area contributed by atoms with Crippen LogP contribution in [-0.4, -0.2) is 37.9 Å². The molecule has 28 heavy (non-hydrogen) atoms. The zero-order valence-electron chi connectivity index (χ0n) is 15.3. The van der Waals surface area contributed by atoms with Crippen molar-refractivity contribution in [3.05, 3.63) is 63.7 Å². The van der Waals surface area contributed by atoms with Gasteiger partial charge in [-0.15, -0.1) is 10.2 Å². The van der Waals surface area contributed by atoms with Crippen molar-refractivity contribution in [2.45, 2.75) is 19.0 Å². The lowest BCUT2D eigenvalue weighted by atomic mass is 10.1. The van der Waals surface area contributed by atoms with Crippen molar-refractivity contribution in [2.75, 3.05) is 12.4 Å². The number of fused-ring (bicyclic) bond motifs is 1. The van der Waals surface area contributed by atoms with E-state index in [1.807, 2.05) is 37.3 Å². The summed E-state index contributed by atoms with van der Waals surface area (Å²) in [5.74, 6) is 1.84. The Bertz CT molecular complexity index is 1090. The van der Waals surface area contributed by atoms with E-state index in [2.05, 4.69) is 10.2 Å². The van der Waals surface area contributed by atoms with E-state index in [-0.39, 0.29) is 10.6 Å². The molecule has 0 spiro atoms. The van der Waals surface area contributed by atoms with E-state index in [1.165, 1.54) is 11.8 Å². The second kappa shape index (κ2) is 7.43. The van der Waals surface area contributed by atoms with Crippen molar-refractivity contribution in [3.8, 4) is 17.1 Å². The first kappa shape index (κ1) is 18.2. The monoisotopic (exact) mass is 395 g/mol. The molecule has 0 N–H and O–H groups in total. The first-order chi connectivity index (χ1) is 13.6. The lowest BCUT2D eigenvalue weighted by Gasteiger charge is -2.15. The standard InChI is InChI=1S/C19H17N5O3S/c1-3-27-17-7-5-4-6-14(17)18-20-21-19-23(18)22-15(11-28-19)13-9-8-12(2)16(10-13)24(25)26/h4-10H,3,11H2,1-2H3. The van der Waals surface area contributed by atoms with E-state index in [4.69, 9.17) is 9.84 Å². The molecule has 0 radical (unpaired) electrons. The maximum Gasteiger partial charge on any atom is 0.272 e. The highest BCUT2D eigenvalue weighted by atomic mass is 32.2. The number of aromatic nitrogens is 3. The molecule has 0 atom stereocenters. The highest BCUT2D eigenvalue weighted by Gasteiger charge is 2.23. The SMILES string of the molecule is CCOc1ccccc1-c1nnc2n1N=C(c1ccc(C)c([N+](=O)[O-])c1)CS2. The molecule has 0 saturated heterocycles. The molecule has 0 aliphatic carbocycles. The van der Waals surface area contributed by atoms with Crippen LogP contribution in [0.5, 0.6) is 5.75 Å². The average molecular weight is 395 g/mol. The van der Waals surface area contributed by atoms with Crippen LogP contribution in [0.4, 0.5) is 5.69 Å². The van der Waals surface area contributed by atoms with E-state index in [9.17, 15) is 10.1 Å². The smallest absolute Gasteiger partial charge is 0.272 e. The third kappa shape index (κ3) is 3.24. The lowest BCUT2D eigenvalue weighted by molar-refractivity contribution is -0.385. The van der Waals surface area contributed by atoms with Gasteiger partial charge in [-0.3, -0.25) is 10.1 Å². The van der Waals surface area contributed by atoms with Gasteiger partial charge in [-0.1, -0.05) is 36.0 Å². The van der Waals surface area contributed by atoms with Crippen LogP contribution in [-0.2, 0) is 0 Å². The Hall–Kier alpha value is -3.20. The summed E-state index contributed by atoms with van der Waals surface area (Å²) < 4.78 is 7.38. The molecule has 0 saturated carbocycles. The number of nitro groups is 1. The van der Waals surface area contributed by atoms with Crippen LogP contribution in [0, 0.1) is 17.0 Å². The van der Waals surface area contributed by atoms with E-state index in [0.717, 1.165) is 11.3 Å². The average Bonchev–Trinajstić information content (AvgIpc) is 3.12. The molecule has 1 aromatic heterocycles. The van der Waals surface area contributed by atoms with Gasteiger partial charge in [0.1, 0.15) is 5.75 Å². The van der Waals surface area contributed by atoms with E-state index in [0.29, 0.717) is 40.2 Å². The summed E-state index contributed by atoms with van der Waals surface area (Å²) in [6.45, 7) is 4.18. The van der Waals surface area contributed by atoms with Crippen molar-refractivity contribution in [2.24, 2.45) is 5.10 Å². The Morgan fingerprint density at radius 1 is 1.25 bits per heavy atom. The molecule has 2 aromatic carbocycles. The molecule has 0 fully saturated rings. The number of benzene rings is 2. The number of rotatable bonds is 5. The molecule has 0 bridgehead atoms. The molecule has 1 aliphatic rings. The largest absolute Gasteiger partial charge is 0.493 e. The number of hydrogen-bond acceptors (Lipinski definition) is 7. The van der Waals surface area contributed by atoms with E-state index in [1.54, 1.807) is 23.7 Å². The predicted octanol–water partition coefficient (Wildman–Crippen LogP) is 3.92. The fourth-order valence-corrected chi connectivity index (χ4v) is 3.79. The van der Waals surface area contributed by atoms with Crippen LogP contribution in [0.2, 0.25) is 0 Å². The van der Waals surface area contributed by atoms with Gasteiger partial charge in [0.2, 0.25) is 5.16 Å². The van der Waals surface area contributed by atoms with Crippen LogP contribution in [0.25, 0.3) is 11.4 Å². The minimum Gasteiger partial charge on any atom is -0.493 e. The number of nitrogens with zero attached hydrogens (tertiary/aromatic N) is 5. The summed E-state index contributed by atoms with van der Waals surface area (Å²) in [5, 5.41) is 25.2. The molecule has 0 unspecified atom stereocenters. The maximum atomic E-state index is 11.3. The van der Waals surface area contributed by atoms with Crippen molar-refractivity contribution in [1.82, 2.24) is 14.9 Å². The topological polar surface area (TPSA) is 95.4 Å². The lowest BCUT2D eigenvalue weighted by Crippen LogP contribution is -2.14. The Kier molecular flexibility index (Phi) is 4.82. The summed E-state index contributed by atoms with van der Waals surface area (Å²) in [4.78, 5) is 10.9. The van der Waals surface area contributed by atoms with E-state index >= 15 is 0 Å².